The van der Waals surface area contributed by atoms with E-state index >= 15 is 0 Å². The molecule has 1 aliphatic rings. The summed E-state index contributed by atoms with van der Waals surface area (Å²) in [6.45, 7) is 3.31. The van der Waals surface area contributed by atoms with Crippen molar-refractivity contribution in [2.24, 2.45) is 7.05 Å². The Morgan fingerprint density at radius 1 is 1.06 bits per heavy atom. The van der Waals surface area contributed by atoms with Gasteiger partial charge in [0.05, 0.1) is 0 Å². The van der Waals surface area contributed by atoms with E-state index in [9.17, 15) is 4.79 Å². The molecule has 1 amide bonds. The van der Waals surface area contributed by atoms with Crippen molar-refractivity contribution in [2.45, 2.75) is 25.9 Å². The molecule has 0 bridgehead atoms. The zero-order valence-corrected chi connectivity index (χ0v) is 18.6. The Morgan fingerprint density at radius 3 is 2.29 bits per heavy atom. The van der Waals surface area contributed by atoms with E-state index in [0.717, 1.165) is 41.2 Å². The number of amides is 1. The molecule has 7 nitrogen and oxygen atoms in total. The molecule has 0 N–H and O–H groups in total. The van der Waals surface area contributed by atoms with Gasteiger partial charge < -0.3 is 14.5 Å². The first kappa shape index (κ1) is 20.9. The quantitative estimate of drug-likeness (QED) is 0.633. The number of ether oxygens (including phenoxy) is 1. The van der Waals surface area contributed by atoms with Crippen LogP contribution in [0.2, 0.25) is 0 Å². The smallest absolute Gasteiger partial charge is 0.274 e. The molecule has 0 atom stereocenters. The summed E-state index contributed by atoms with van der Waals surface area (Å²) in [7, 11) is 5.81. The van der Waals surface area contributed by atoms with E-state index in [1.54, 1.807) is 4.68 Å². The molecule has 4 rings (SSSR count). The number of pyridine rings is 1. The highest BCUT2D eigenvalue weighted by molar-refractivity contribution is 5.92. The first-order chi connectivity index (χ1) is 14.9. The number of hydrogen-bond acceptors (Lipinski definition) is 5. The number of likely N-dealkylation sites (tertiary alicyclic amines) is 1. The average molecular weight is 420 g/mol. The number of hydrogen-bond donors (Lipinski definition) is 0. The minimum absolute atomic E-state index is 0.000368. The lowest BCUT2D eigenvalue weighted by Crippen LogP contribution is -2.42. The Bertz CT molecular complexity index is 1010. The molecule has 0 unspecified atom stereocenters. The zero-order chi connectivity index (χ0) is 22.0. The first-order valence-electron chi connectivity index (χ1n) is 10.6. The Morgan fingerprint density at radius 2 is 1.74 bits per heavy atom. The van der Waals surface area contributed by atoms with Crippen LogP contribution in [0.4, 0.5) is 5.82 Å². The highest BCUT2D eigenvalue weighted by atomic mass is 16.5. The number of aromatic nitrogens is 3. The second-order valence-corrected chi connectivity index (χ2v) is 8.23. The number of anilines is 1. The predicted molar refractivity (Wildman–Crippen MR) is 121 cm³/mol. The largest absolute Gasteiger partial charge is 0.490 e. The van der Waals surface area contributed by atoms with E-state index in [2.05, 4.69) is 28.3 Å². The Balaban J connectivity index is 1.32. The van der Waals surface area contributed by atoms with Gasteiger partial charge in [-0.15, -0.1) is 0 Å². The second kappa shape index (κ2) is 8.79. The summed E-state index contributed by atoms with van der Waals surface area (Å²) in [4.78, 5) is 21.0. The highest BCUT2D eigenvalue weighted by Gasteiger charge is 2.26. The van der Waals surface area contributed by atoms with Crippen molar-refractivity contribution in [3.05, 3.63) is 60.0 Å². The minimum Gasteiger partial charge on any atom is -0.490 e. The van der Waals surface area contributed by atoms with Gasteiger partial charge in [-0.1, -0.05) is 12.1 Å². The molecule has 3 heterocycles. The Hall–Kier alpha value is -3.35. The number of rotatable bonds is 5. The minimum atomic E-state index is 0.000368. The van der Waals surface area contributed by atoms with Crippen LogP contribution in [0.15, 0.2) is 48.7 Å². The van der Waals surface area contributed by atoms with Crippen molar-refractivity contribution in [2.75, 3.05) is 32.1 Å². The number of carbonyl (C=O) groups excluding carboxylic acids is 1. The van der Waals surface area contributed by atoms with Gasteiger partial charge in [0, 0.05) is 64.5 Å². The van der Waals surface area contributed by atoms with Gasteiger partial charge in [0.15, 0.2) is 5.69 Å². The molecule has 7 heteroatoms. The van der Waals surface area contributed by atoms with Crippen LogP contribution in [0.3, 0.4) is 0 Å². The molecule has 0 radical (unpaired) electrons. The number of carbonyl (C=O) groups is 1. The fraction of sp³-hybridized carbons (Fsp3) is 0.375. The van der Waals surface area contributed by atoms with Gasteiger partial charge in [-0.05, 0) is 42.8 Å². The third-order valence-corrected chi connectivity index (χ3v) is 5.76. The lowest BCUT2D eigenvalue weighted by atomic mass is 10.1. The zero-order valence-electron chi connectivity index (χ0n) is 18.6. The average Bonchev–Trinajstić information content (AvgIpc) is 3.12. The molecule has 1 aromatic carbocycles. The van der Waals surface area contributed by atoms with Crippen molar-refractivity contribution < 1.29 is 9.53 Å². The van der Waals surface area contributed by atoms with E-state index in [0.29, 0.717) is 18.8 Å². The van der Waals surface area contributed by atoms with Crippen molar-refractivity contribution >= 4 is 11.7 Å². The third kappa shape index (κ3) is 4.71. The Labute approximate surface area is 183 Å². The van der Waals surface area contributed by atoms with E-state index in [1.807, 2.05) is 68.3 Å². The molecular formula is C24H29N5O2. The summed E-state index contributed by atoms with van der Waals surface area (Å²) in [5.41, 5.74) is 3.68. The van der Waals surface area contributed by atoms with E-state index < -0.39 is 0 Å². The first-order valence-corrected chi connectivity index (χ1v) is 10.6. The van der Waals surface area contributed by atoms with Crippen LogP contribution in [0, 0.1) is 6.92 Å². The number of nitrogens with zero attached hydrogens (tertiary/aromatic N) is 5. The summed E-state index contributed by atoms with van der Waals surface area (Å²) in [6, 6.07) is 14.1. The van der Waals surface area contributed by atoms with Crippen LogP contribution in [0.5, 0.6) is 5.75 Å². The standard InChI is InChI=1S/C24H29N5O2/c1-17-15-22(26-28(17)4)24(30)29-13-11-21(12-14-29)31-20-8-5-18(6-9-20)19-7-10-23(25-16-19)27(2)3/h5-10,15-16,21H,11-14H2,1-4H3. The van der Waals surface area contributed by atoms with Crippen molar-refractivity contribution in [3.63, 3.8) is 0 Å². The molecule has 3 aromatic rings. The summed E-state index contributed by atoms with van der Waals surface area (Å²) in [6.07, 6.45) is 3.63. The molecule has 162 valence electrons. The third-order valence-electron chi connectivity index (χ3n) is 5.76. The summed E-state index contributed by atoms with van der Waals surface area (Å²) >= 11 is 0. The van der Waals surface area contributed by atoms with Gasteiger partial charge in [0.1, 0.15) is 17.7 Å². The van der Waals surface area contributed by atoms with E-state index in [-0.39, 0.29) is 12.0 Å². The maximum absolute atomic E-state index is 12.7. The topological polar surface area (TPSA) is 63.5 Å². The SMILES string of the molecule is Cc1cc(C(=O)N2CCC(Oc3ccc(-c4ccc(N(C)C)nc4)cc3)CC2)nn1C. The van der Waals surface area contributed by atoms with E-state index in [1.165, 1.54) is 0 Å². The van der Waals surface area contributed by atoms with Crippen LogP contribution in [-0.2, 0) is 7.05 Å². The molecular weight excluding hydrogens is 390 g/mol. The van der Waals surface area contributed by atoms with E-state index in [4.69, 9.17) is 4.74 Å². The van der Waals surface area contributed by atoms with Gasteiger partial charge in [0.2, 0.25) is 0 Å². The van der Waals surface area contributed by atoms with Gasteiger partial charge in [-0.2, -0.15) is 5.10 Å². The maximum Gasteiger partial charge on any atom is 0.274 e. The summed E-state index contributed by atoms with van der Waals surface area (Å²) < 4.78 is 7.91. The van der Waals surface area contributed by atoms with Gasteiger partial charge >= 0.3 is 0 Å². The molecule has 31 heavy (non-hydrogen) atoms. The monoisotopic (exact) mass is 419 g/mol. The Kier molecular flexibility index (Phi) is 5.93. The van der Waals surface area contributed by atoms with Crippen molar-refractivity contribution in [3.8, 4) is 16.9 Å². The van der Waals surface area contributed by atoms with Crippen LogP contribution in [-0.4, -0.2) is 58.9 Å². The molecule has 0 spiro atoms. The lowest BCUT2D eigenvalue weighted by molar-refractivity contribution is 0.0589. The van der Waals surface area contributed by atoms with Gasteiger partial charge in [-0.3, -0.25) is 9.48 Å². The van der Waals surface area contributed by atoms with Crippen LogP contribution >= 0.6 is 0 Å². The van der Waals surface area contributed by atoms with Crippen LogP contribution in [0.25, 0.3) is 11.1 Å². The van der Waals surface area contributed by atoms with Crippen molar-refractivity contribution in [1.29, 1.82) is 0 Å². The predicted octanol–water partition coefficient (Wildman–Crippen LogP) is 3.54. The number of benzene rings is 1. The number of aryl methyl sites for hydroxylation is 2. The summed E-state index contributed by atoms with van der Waals surface area (Å²) in [5, 5.41) is 4.31. The maximum atomic E-state index is 12.7. The molecule has 0 aliphatic carbocycles. The highest BCUT2D eigenvalue weighted by Crippen LogP contribution is 2.25. The summed E-state index contributed by atoms with van der Waals surface area (Å²) in [5.74, 6) is 1.79. The molecule has 2 aromatic heterocycles. The number of piperidine rings is 1. The van der Waals surface area contributed by atoms with Crippen LogP contribution in [0.1, 0.15) is 29.0 Å². The normalized spacial score (nSPS) is 14.5. The van der Waals surface area contributed by atoms with Crippen LogP contribution < -0.4 is 9.64 Å². The van der Waals surface area contributed by atoms with Crippen molar-refractivity contribution in [1.82, 2.24) is 19.7 Å². The van der Waals surface area contributed by atoms with Gasteiger partial charge in [-0.25, -0.2) is 4.98 Å². The van der Waals surface area contributed by atoms with Gasteiger partial charge in [0.25, 0.3) is 5.91 Å². The molecule has 1 aliphatic heterocycles. The lowest BCUT2D eigenvalue weighted by Gasteiger charge is -2.31. The fourth-order valence-corrected chi connectivity index (χ4v) is 3.74. The molecule has 1 fully saturated rings. The molecule has 0 saturated carbocycles. The fourth-order valence-electron chi connectivity index (χ4n) is 3.74. The second-order valence-electron chi connectivity index (χ2n) is 8.23. The molecule has 1 saturated heterocycles.